The van der Waals surface area contributed by atoms with Crippen LogP contribution in [0.4, 0.5) is 17.1 Å². The van der Waals surface area contributed by atoms with E-state index >= 15 is 0 Å². The molecule has 9 aromatic carbocycles. The molecule has 10 aromatic rings. The molecule has 0 unspecified atom stereocenters. The Bertz CT molecular complexity index is 3040. The summed E-state index contributed by atoms with van der Waals surface area (Å²) in [5.74, 6) is 0. The van der Waals surface area contributed by atoms with Crippen molar-refractivity contribution in [3.8, 4) is 44.5 Å². The van der Waals surface area contributed by atoms with Crippen LogP contribution in [-0.4, -0.2) is 8.80 Å². The Hall–Kier alpha value is -7.20. The van der Waals surface area contributed by atoms with E-state index in [1.54, 1.807) is 0 Å². The quantitative estimate of drug-likeness (QED) is 0.151. The van der Waals surface area contributed by atoms with Crippen molar-refractivity contribution in [2.45, 2.75) is 0 Å². The summed E-state index contributed by atoms with van der Waals surface area (Å²) in [5, 5.41) is 6.67. The van der Waals surface area contributed by atoms with E-state index in [2.05, 4.69) is 223 Å². The summed E-state index contributed by atoms with van der Waals surface area (Å²) < 4.78 is 6.65. The summed E-state index contributed by atoms with van der Waals surface area (Å²) in [6.07, 6.45) is 0. The van der Waals surface area contributed by atoms with Gasteiger partial charge in [0.15, 0.2) is 8.80 Å². The average molecular weight is 743 g/mol. The molecular weight excluding hydrogens is 707 g/mol. The molecule has 0 N–H and O–H groups in total. The van der Waals surface area contributed by atoms with Crippen molar-refractivity contribution in [2.75, 3.05) is 4.90 Å². The second-order valence-electron chi connectivity index (χ2n) is 14.6. The zero-order valence-electron chi connectivity index (χ0n) is 31.1. The van der Waals surface area contributed by atoms with Crippen molar-refractivity contribution in [1.82, 2.24) is 0 Å². The maximum absolute atomic E-state index is 6.65. The van der Waals surface area contributed by atoms with E-state index in [9.17, 15) is 0 Å². The highest BCUT2D eigenvalue weighted by molar-refractivity contribution is 6.99. The van der Waals surface area contributed by atoms with E-state index in [0.717, 1.165) is 33.8 Å². The molecule has 0 atom stereocenters. The molecule has 0 bridgehead atoms. The van der Waals surface area contributed by atoms with Gasteiger partial charge in [-0.25, -0.2) is 0 Å². The molecule has 57 heavy (non-hydrogen) atoms. The summed E-state index contributed by atoms with van der Waals surface area (Å²) in [5.41, 5.74) is 15.0. The molecule has 1 aliphatic heterocycles. The number of furan rings is 1. The number of anilines is 3. The van der Waals surface area contributed by atoms with Crippen LogP contribution in [0.15, 0.2) is 223 Å². The van der Waals surface area contributed by atoms with Gasteiger partial charge in [0.05, 0.1) is 0 Å². The van der Waals surface area contributed by atoms with Crippen molar-refractivity contribution in [3.05, 3.63) is 218 Å². The number of para-hydroxylation sites is 1. The fraction of sp³-hybridized carbons (Fsp3) is 0. The maximum Gasteiger partial charge on any atom is 0.156 e. The smallest absolute Gasteiger partial charge is 0.156 e. The first-order valence-corrected chi connectivity index (χ1v) is 21.0. The van der Waals surface area contributed by atoms with Crippen molar-refractivity contribution in [2.24, 2.45) is 0 Å². The molecule has 0 amide bonds. The second-order valence-corrected chi connectivity index (χ2v) is 17.0. The van der Waals surface area contributed by atoms with Crippen LogP contribution in [0.5, 0.6) is 0 Å². The lowest BCUT2D eigenvalue weighted by Crippen LogP contribution is -2.48. The Morgan fingerprint density at radius 3 is 1.47 bits per heavy atom. The molecule has 1 aromatic heterocycles. The van der Waals surface area contributed by atoms with Crippen molar-refractivity contribution in [3.63, 3.8) is 0 Å². The molecule has 2 heterocycles. The van der Waals surface area contributed by atoms with E-state index < -0.39 is 8.80 Å². The number of fused-ring (bicyclic) bond motifs is 7. The lowest BCUT2D eigenvalue weighted by molar-refractivity contribution is 0.669. The average Bonchev–Trinajstić information content (AvgIpc) is 3.84. The lowest BCUT2D eigenvalue weighted by Gasteiger charge is -2.26. The van der Waals surface area contributed by atoms with Gasteiger partial charge in [0, 0.05) is 27.8 Å². The van der Waals surface area contributed by atoms with Crippen LogP contribution in [-0.2, 0) is 0 Å². The number of nitrogens with zero attached hydrogens (tertiary/aromatic N) is 1. The van der Waals surface area contributed by atoms with Gasteiger partial charge in [0.2, 0.25) is 0 Å². The number of hydrogen-bond acceptors (Lipinski definition) is 2. The minimum Gasteiger partial charge on any atom is -0.456 e. The van der Waals surface area contributed by atoms with Crippen LogP contribution in [0.25, 0.3) is 66.4 Å². The predicted molar refractivity (Wildman–Crippen MR) is 241 cm³/mol. The standard InChI is InChI=1S/C54H36NOSi/c1-4-15-37(16-5-1)44-21-10-11-22-45(44)38-27-31-41(32-28-38)55(40-17-6-2-7-18-40)42-33-29-39(30-34-42)46-24-14-25-48-52(46)54-49(56-48)35-36-51-53(54)47-23-12-13-26-50(47)57(51)43-19-8-3-9-20-43/h1-36H. The maximum atomic E-state index is 6.65. The van der Waals surface area contributed by atoms with Gasteiger partial charge in [0.1, 0.15) is 11.2 Å². The Kier molecular flexibility index (Phi) is 8.04. The van der Waals surface area contributed by atoms with Crippen LogP contribution < -0.4 is 20.5 Å². The fourth-order valence-corrected chi connectivity index (χ4v) is 11.8. The molecule has 3 heteroatoms. The molecule has 0 fully saturated rings. The summed E-state index contributed by atoms with van der Waals surface area (Å²) in [6, 6.07) is 78.9. The molecule has 11 rings (SSSR count). The molecule has 0 saturated carbocycles. The normalized spacial score (nSPS) is 12.1. The van der Waals surface area contributed by atoms with Gasteiger partial charge in [0.25, 0.3) is 0 Å². The Labute approximate surface area is 334 Å². The van der Waals surface area contributed by atoms with Crippen molar-refractivity contribution >= 4 is 63.4 Å². The van der Waals surface area contributed by atoms with E-state index in [-0.39, 0.29) is 0 Å². The first-order valence-electron chi connectivity index (χ1n) is 19.5. The SMILES string of the molecule is c1ccc(-c2ccccc2-c2ccc(N(c3ccccc3)c3ccc(-c4cccc5oc6ccc7c(c6c45)-c4ccccc4[Si]7c4ccccc4)cc3)cc2)cc1. The highest BCUT2D eigenvalue weighted by Gasteiger charge is 2.34. The molecule has 0 saturated heterocycles. The highest BCUT2D eigenvalue weighted by atomic mass is 28.3. The van der Waals surface area contributed by atoms with Gasteiger partial charge in [-0.2, -0.15) is 0 Å². The molecular formula is C54H36NOSi. The zero-order chi connectivity index (χ0) is 37.7. The molecule has 1 aliphatic rings. The fourth-order valence-electron chi connectivity index (χ4n) is 8.83. The van der Waals surface area contributed by atoms with Crippen LogP contribution in [0.3, 0.4) is 0 Å². The first-order chi connectivity index (χ1) is 28.3. The topological polar surface area (TPSA) is 16.4 Å². The second kappa shape index (κ2) is 13.8. The van der Waals surface area contributed by atoms with Crippen LogP contribution in [0.1, 0.15) is 0 Å². The van der Waals surface area contributed by atoms with Gasteiger partial charge in [-0.15, -0.1) is 0 Å². The Balaban J connectivity index is 1.01. The molecule has 0 spiro atoms. The third-order valence-corrected chi connectivity index (χ3v) is 14.2. The molecule has 267 valence electrons. The van der Waals surface area contributed by atoms with Crippen molar-refractivity contribution < 1.29 is 4.42 Å². The summed E-state index contributed by atoms with van der Waals surface area (Å²) in [4.78, 5) is 2.33. The molecule has 1 radical (unpaired) electrons. The monoisotopic (exact) mass is 742 g/mol. The van der Waals surface area contributed by atoms with Crippen LogP contribution in [0, 0.1) is 0 Å². The van der Waals surface area contributed by atoms with Crippen LogP contribution >= 0.6 is 0 Å². The van der Waals surface area contributed by atoms with Crippen LogP contribution in [0.2, 0.25) is 0 Å². The number of hydrogen-bond donors (Lipinski definition) is 0. The molecule has 2 nitrogen and oxygen atoms in total. The Morgan fingerprint density at radius 2 is 0.807 bits per heavy atom. The lowest BCUT2D eigenvalue weighted by atomic mass is 9.94. The summed E-state index contributed by atoms with van der Waals surface area (Å²) in [6.45, 7) is 0. The van der Waals surface area contributed by atoms with Gasteiger partial charge in [-0.1, -0.05) is 175 Å². The van der Waals surface area contributed by atoms with Gasteiger partial charge in [-0.3, -0.25) is 0 Å². The largest absolute Gasteiger partial charge is 0.456 e. The number of rotatable bonds is 7. The minimum atomic E-state index is -1.16. The van der Waals surface area contributed by atoms with E-state index in [4.69, 9.17) is 4.42 Å². The number of benzene rings is 9. The van der Waals surface area contributed by atoms with E-state index in [1.807, 2.05) is 0 Å². The molecule has 0 aliphatic carbocycles. The van der Waals surface area contributed by atoms with Crippen molar-refractivity contribution in [1.29, 1.82) is 0 Å². The summed E-state index contributed by atoms with van der Waals surface area (Å²) >= 11 is 0. The van der Waals surface area contributed by atoms with Gasteiger partial charge >= 0.3 is 0 Å². The van der Waals surface area contributed by atoms with Gasteiger partial charge in [-0.05, 0) is 103 Å². The highest BCUT2D eigenvalue weighted by Crippen LogP contribution is 2.43. The van der Waals surface area contributed by atoms with E-state index in [1.165, 1.54) is 65.3 Å². The first kappa shape index (κ1) is 33.2. The van der Waals surface area contributed by atoms with E-state index in [0.29, 0.717) is 0 Å². The third-order valence-electron chi connectivity index (χ3n) is 11.4. The Morgan fingerprint density at radius 1 is 0.316 bits per heavy atom. The predicted octanol–water partition coefficient (Wildman–Crippen LogP) is 12.6. The summed E-state index contributed by atoms with van der Waals surface area (Å²) in [7, 11) is -1.16. The minimum absolute atomic E-state index is 0.915. The zero-order valence-corrected chi connectivity index (χ0v) is 32.1. The third kappa shape index (κ3) is 5.63. The van der Waals surface area contributed by atoms with Gasteiger partial charge < -0.3 is 9.32 Å².